The Morgan fingerprint density at radius 1 is 1.24 bits per heavy atom. The first-order chi connectivity index (χ1) is 12.2. The normalized spacial score (nSPS) is 29.2. The van der Waals surface area contributed by atoms with Crippen LogP contribution in [0, 0.1) is 5.92 Å². The molecule has 134 valence electrons. The summed E-state index contributed by atoms with van der Waals surface area (Å²) in [4.78, 5) is 17.0. The van der Waals surface area contributed by atoms with Crippen molar-refractivity contribution in [2.45, 2.75) is 51.1 Å². The molecule has 25 heavy (non-hydrogen) atoms. The van der Waals surface area contributed by atoms with E-state index >= 15 is 0 Å². The molecule has 1 aliphatic carbocycles. The van der Waals surface area contributed by atoms with Crippen LogP contribution in [0.3, 0.4) is 0 Å². The zero-order valence-electron chi connectivity index (χ0n) is 14.8. The molecule has 0 bridgehead atoms. The number of fused-ring (bicyclic) bond motifs is 1. The van der Waals surface area contributed by atoms with Crippen LogP contribution in [0.2, 0.25) is 0 Å². The Bertz CT molecular complexity index is 709. The van der Waals surface area contributed by atoms with Gasteiger partial charge in [-0.25, -0.2) is 0 Å². The molecule has 2 aliphatic rings. The Kier molecular flexibility index (Phi) is 5.25. The molecule has 3 nitrogen and oxygen atoms in total. The molecular weight excluding hydrogens is 348 g/mol. The minimum absolute atomic E-state index is 0.231. The summed E-state index contributed by atoms with van der Waals surface area (Å²) < 4.78 is 0. The highest BCUT2D eigenvalue weighted by Crippen LogP contribution is 2.31. The van der Waals surface area contributed by atoms with E-state index < -0.39 is 0 Å². The van der Waals surface area contributed by atoms with Gasteiger partial charge in [0.05, 0.1) is 11.4 Å². The standard InChI is InChI=1S/C20H26N2OS2/c1-14-5-2-3-6-16(14)21-19(23)13-22-10-8-17-15(9-12-25-17)20(22)18-7-4-11-24-18/h4,7,9,11-12,14,16,20H,2-3,5-6,8,10,13H2,1H3,(H,21,23)/p+1/t14-,16-,20+/m0/s1. The third-order valence-corrected chi connectivity index (χ3v) is 7.78. The summed E-state index contributed by atoms with van der Waals surface area (Å²) in [5.41, 5.74) is 1.44. The Hall–Kier alpha value is -1.17. The van der Waals surface area contributed by atoms with Gasteiger partial charge in [-0.3, -0.25) is 4.79 Å². The smallest absolute Gasteiger partial charge is 0.275 e. The second-order valence-corrected chi connectivity index (χ2v) is 9.50. The molecule has 1 unspecified atom stereocenters. The fourth-order valence-electron chi connectivity index (χ4n) is 4.44. The summed E-state index contributed by atoms with van der Waals surface area (Å²) in [7, 11) is 0. The van der Waals surface area contributed by atoms with Crippen molar-refractivity contribution in [3.63, 3.8) is 0 Å². The van der Waals surface area contributed by atoms with Crippen molar-refractivity contribution in [2.75, 3.05) is 13.1 Å². The van der Waals surface area contributed by atoms with Gasteiger partial charge in [-0.1, -0.05) is 25.8 Å². The van der Waals surface area contributed by atoms with E-state index in [1.54, 1.807) is 0 Å². The quantitative estimate of drug-likeness (QED) is 0.846. The van der Waals surface area contributed by atoms with Gasteiger partial charge < -0.3 is 10.2 Å². The highest BCUT2D eigenvalue weighted by molar-refractivity contribution is 7.10. The Morgan fingerprint density at radius 3 is 2.92 bits per heavy atom. The van der Waals surface area contributed by atoms with Gasteiger partial charge in [0.2, 0.25) is 0 Å². The lowest BCUT2D eigenvalue weighted by molar-refractivity contribution is -0.919. The first-order valence-electron chi connectivity index (χ1n) is 9.46. The van der Waals surface area contributed by atoms with Gasteiger partial charge >= 0.3 is 0 Å². The lowest BCUT2D eigenvalue weighted by Crippen LogP contribution is -3.14. The predicted octanol–water partition coefficient (Wildman–Crippen LogP) is 3.03. The predicted molar refractivity (Wildman–Crippen MR) is 104 cm³/mol. The minimum Gasteiger partial charge on any atom is -0.348 e. The molecule has 0 aromatic carbocycles. The third kappa shape index (κ3) is 3.69. The van der Waals surface area contributed by atoms with Crippen LogP contribution in [-0.2, 0) is 11.2 Å². The van der Waals surface area contributed by atoms with Gasteiger partial charge in [0, 0.05) is 22.9 Å². The summed E-state index contributed by atoms with van der Waals surface area (Å²) in [5, 5.41) is 7.70. The van der Waals surface area contributed by atoms with Gasteiger partial charge in [0.15, 0.2) is 6.54 Å². The van der Waals surface area contributed by atoms with Crippen molar-refractivity contribution < 1.29 is 9.69 Å². The lowest BCUT2D eigenvalue weighted by Gasteiger charge is -2.33. The van der Waals surface area contributed by atoms with Crippen molar-refractivity contribution in [3.05, 3.63) is 44.3 Å². The molecule has 0 spiro atoms. The number of hydrogen-bond acceptors (Lipinski definition) is 3. The van der Waals surface area contributed by atoms with Crippen molar-refractivity contribution in [1.82, 2.24) is 5.32 Å². The molecule has 1 aliphatic heterocycles. The van der Waals surface area contributed by atoms with Crippen LogP contribution in [0.4, 0.5) is 0 Å². The maximum absolute atomic E-state index is 12.8. The van der Waals surface area contributed by atoms with E-state index in [0.29, 0.717) is 24.5 Å². The number of rotatable bonds is 4. The van der Waals surface area contributed by atoms with E-state index in [-0.39, 0.29) is 5.91 Å². The van der Waals surface area contributed by atoms with E-state index in [4.69, 9.17) is 0 Å². The Morgan fingerprint density at radius 2 is 2.12 bits per heavy atom. The van der Waals surface area contributed by atoms with E-state index in [1.165, 1.54) is 39.5 Å². The summed E-state index contributed by atoms with van der Waals surface area (Å²) in [6.07, 6.45) is 6.05. The molecule has 2 aromatic heterocycles. The SMILES string of the molecule is C[C@H]1CCCC[C@@H]1NC(=O)C[NH+]1CCc2sccc2[C@@H]1c1cccs1. The zero-order valence-corrected chi connectivity index (χ0v) is 16.4. The Labute approximate surface area is 158 Å². The van der Waals surface area contributed by atoms with E-state index in [1.807, 2.05) is 22.7 Å². The number of amides is 1. The fourth-order valence-corrected chi connectivity index (χ4v) is 6.27. The first-order valence-corrected chi connectivity index (χ1v) is 11.2. The second kappa shape index (κ2) is 7.60. The average Bonchev–Trinajstić information content (AvgIpc) is 3.28. The van der Waals surface area contributed by atoms with Crippen molar-refractivity contribution in [3.8, 4) is 0 Å². The van der Waals surface area contributed by atoms with Crippen LogP contribution in [0.5, 0.6) is 0 Å². The maximum atomic E-state index is 12.8. The molecule has 1 fully saturated rings. The van der Waals surface area contributed by atoms with Crippen molar-refractivity contribution in [2.24, 2.45) is 5.92 Å². The minimum atomic E-state index is 0.231. The number of nitrogens with one attached hydrogen (secondary N) is 2. The van der Waals surface area contributed by atoms with Crippen molar-refractivity contribution >= 4 is 28.6 Å². The van der Waals surface area contributed by atoms with Crippen LogP contribution in [0.15, 0.2) is 29.0 Å². The summed E-state index contributed by atoms with van der Waals surface area (Å²) in [5.74, 6) is 0.847. The molecule has 4 rings (SSSR count). The molecule has 1 saturated carbocycles. The topological polar surface area (TPSA) is 33.5 Å². The van der Waals surface area contributed by atoms with Crippen LogP contribution < -0.4 is 10.2 Å². The van der Waals surface area contributed by atoms with Gasteiger partial charge in [-0.2, -0.15) is 0 Å². The average molecular weight is 376 g/mol. The molecule has 2 N–H and O–H groups in total. The van der Waals surface area contributed by atoms with Gasteiger partial charge in [-0.05, 0) is 41.7 Å². The number of carbonyl (C=O) groups excluding carboxylic acids is 1. The van der Waals surface area contributed by atoms with Gasteiger partial charge in [0.1, 0.15) is 6.04 Å². The number of hydrogen-bond donors (Lipinski definition) is 2. The molecule has 2 aromatic rings. The van der Waals surface area contributed by atoms with Crippen LogP contribution in [0.1, 0.15) is 54.0 Å². The zero-order chi connectivity index (χ0) is 17.2. The van der Waals surface area contributed by atoms with Crippen LogP contribution in [-0.4, -0.2) is 25.0 Å². The molecular formula is C20H27N2OS2+. The van der Waals surface area contributed by atoms with E-state index in [2.05, 4.69) is 41.2 Å². The highest BCUT2D eigenvalue weighted by Gasteiger charge is 2.35. The summed E-state index contributed by atoms with van der Waals surface area (Å²) in [6, 6.07) is 7.32. The molecule has 3 heterocycles. The second-order valence-electron chi connectivity index (χ2n) is 7.52. The molecule has 5 heteroatoms. The number of quaternary nitrogens is 1. The molecule has 0 radical (unpaired) electrons. The van der Waals surface area contributed by atoms with E-state index in [9.17, 15) is 4.79 Å². The number of thiophene rings is 2. The van der Waals surface area contributed by atoms with Crippen molar-refractivity contribution in [1.29, 1.82) is 0 Å². The summed E-state index contributed by atoms with van der Waals surface area (Å²) in [6.45, 7) is 3.91. The van der Waals surface area contributed by atoms with Gasteiger partial charge in [-0.15, -0.1) is 22.7 Å². The largest absolute Gasteiger partial charge is 0.348 e. The van der Waals surface area contributed by atoms with Crippen LogP contribution in [0.25, 0.3) is 0 Å². The Balaban J connectivity index is 1.48. The molecule has 0 saturated heterocycles. The van der Waals surface area contributed by atoms with Crippen LogP contribution >= 0.6 is 22.7 Å². The molecule has 1 amide bonds. The highest BCUT2D eigenvalue weighted by atomic mass is 32.1. The molecule has 4 atom stereocenters. The third-order valence-electron chi connectivity index (χ3n) is 5.85. The first kappa shape index (κ1) is 17.3. The summed E-state index contributed by atoms with van der Waals surface area (Å²) >= 11 is 3.68. The number of carbonyl (C=O) groups is 1. The van der Waals surface area contributed by atoms with E-state index in [0.717, 1.165) is 19.4 Å². The lowest BCUT2D eigenvalue weighted by atomic mass is 9.86. The monoisotopic (exact) mass is 375 g/mol. The maximum Gasteiger partial charge on any atom is 0.275 e. The fraction of sp³-hybridized carbons (Fsp3) is 0.550. The van der Waals surface area contributed by atoms with Gasteiger partial charge in [0.25, 0.3) is 5.91 Å².